The molecule has 0 saturated carbocycles. The van der Waals surface area contributed by atoms with Gasteiger partial charge < -0.3 is 0 Å². The minimum absolute atomic E-state index is 0. The van der Waals surface area contributed by atoms with Gasteiger partial charge in [0.2, 0.25) is 0 Å². The zero-order valence-electron chi connectivity index (χ0n) is 1.63. The van der Waals surface area contributed by atoms with Crippen LogP contribution in [-0.4, -0.2) is 4.21 Å². The Morgan fingerprint density at radius 3 is 1.75 bits per heavy atom. The largest absolute Gasteiger partial charge is 0.208 e. The Morgan fingerprint density at radius 2 is 1.75 bits per heavy atom. The normalized spacial score (nSPS) is 3.00. The average Bonchev–Trinajstić information content (AvgIpc) is 0.918. The third-order valence-corrected chi connectivity index (χ3v) is 0. The second-order valence-corrected chi connectivity index (χ2v) is 0.750. The molecule has 0 aliphatic heterocycles. The van der Waals surface area contributed by atoms with Crippen LogP contribution in [0.2, 0.25) is 0 Å². The van der Waals surface area contributed by atoms with Crippen molar-refractivity contribution in [1.29, 1.82) is 0 Å². The third-order valence-electron chi connectivity index (χ3n) is 0. The molecule has 0 rings (SSSR count). The summed E-state index contributed by atoms with van der Waals surface area (Å²) in [4.78, 5) is 0. The molecule has 28 valence electrons. The molecule has 0 heterocycles. The van der Waals surface area contributed by atoms with E-state index in [0.29, 0.717) is 10.8 Å². The van der Waals surface area contributed by atoms with Gasteiger partial charge in [-0.3, -0.25) is 0 Å². The number of hydrogen-bond donors (Lipinski definition) is 0. The summed E-state index contributed by atoms with van der Waals surface area (Å²) in [5.74, 6) is 0. The van der Waals surface area contributed by atoms with Crippen molar-refractivity contribution in [3.05, 3.63) is 0 Å². The monoisotopic (exact) mass is 275 g/mol. The SMILES string of the molecule is O=S=P.[Pt]. The van der Waals surface area contributed by atoms with Gasteiger partial charge in [-0.1, -0.05) is 0 Å². The van der Waals surface area contributed by atoms with Gasteiger partial charge in [0, 0.05) is 21.1 Å². The first-order valence-electron chi connectivity index (χ1n) is 0.371. The van der Waals surface area contributed by atoms with Crippen LogP contribution >= 0.6 is 8.02 Å². The van der Waals surface area contributed by atoms with Crippen molar-refractivity contribution < 1.29 is 25.3 Å². The Hall–Kier alpha value is 1.01. The zero-order valence-corrected chi connectivity index (χ0v) is 5.72. The summed E-state index contributed by atoms with van der Waals surface area (Å²) in [6.45, 7) is 0. The minimum Gasteiger partial charge on any atom is -0.208 e. The quantitative estimate of drug-likeness (QED) is 0.579. The summed E-state index contributed by atoms with van der Waals surface area (Å²) in [7, 11) is 2.85. The van der Waals surface area contributed by atoms with Crippen molar-refractivity contribution in [1.82, 2.24) is 0 Å². The van der Waals surface area contributed by atoms with Gasteiger partial charge in [0.1, 0.15) is 10.8 Å². The van der Waals surface area contributed by atoms with E-state index in [1.54, 1.807) is 0 Å². The van der Waals surface area contributed by atoms with Crippen LogP contribution < -0.4 is 0 Å². The van der Waals surface area contributed by atoms with Gasteiger partial charge in [-0.05, 0) is 8.02 Å². The van der Waals surface area contributed by atoms with Crippen LogP contribution in [0.15, 0.2) is 0 Å². The van der Waals surface area contributed by atoms with Gasteiger partial charge in [-0.15, -0.1) is 0 Å². The molecule has 0 spiro atoms. The summed E-state index contributed by atoms with van der Waals surface area (Å²) in [5, 5.41) is 0. The van der Waals surface area contributed by atoms with Crippen LogP contribution in [0.1, 0.15) is 0 Å². The average molecular weight is 275 g/mol. The summed E-state index contributed by atoms with van der Waals surface area (Å²) >= 11 is 0. The van der Waals surface area contributed by atoms with Crippen molar-refractivity contribution in [2.75, 3.05) is 0 Å². The molecule has 1 nitrogen and oxygen atoms in total. The Morgan fingerprint density at radius 1 is 1.75 bits per heavy atom. The van der Waals surface area contributed by atoms with E-state index in [9.17, 15) is 0 Å². The standard InChI is InChI=1S/HOPS.Pt/c1-3-2;/h2H;. The minimum atomic E-state index is 0. The molecule has 0 radical (unpaired) electrons. The van der Waals surface area contributed by atoms with Gasteiger partial charge in [0.05, 0.1) is 0 Å². The van der Waals surface area contributed by atoms with E-state index >= 15 is 0 Å². The Labute approximate surface area is 44.4 Å². The van der Waals surface area contributed by atoms with Crippen molar-refractivity contribution in [3.63, 3.8) is 0 Å². The Balaban J connectivity index is 0. The molecular formula is HOPPtS. The second-order valence-electron chi connectivity index (χ2n) is 0.0833. The maximum absolute atomic E-state index is 8.76. The van der Waals surface area contributed by atoms with Crippen LogP contribution in [0.3, 0.4) is 0 Å². The fourth-order valence-electron chi connectivity index (χ4n) is 0. The van der Waals surface area contributed by atoms with Crippen LogP contribution in [0.25, 0.3) is 0 Å². The maximum Gasteiger partial charge on any atom is 0.110 e. The summed E-state index contributed by atoms with van der Waals surface area (Å²) < 4.78 is 8.76. The molecule has 0 aromatic carbocycles. The zero-order chi connectivity index (χ0) is 2.71. The molecule has 0 aromatic heterocycles. The van der Waals surface area contributed by atoms with Gasteiger partial charge in [0.25, 0.3) is 0 Å². The molecular weight excluding hydrogens is 274 g/mol. The Bertz CT molecular complexity index is 29.0. The van der Waals surface area contributed by atoms with Gasteiger partial charge in [-0.2, -0.15) is 0 Å². The molecule has 0 atom stereocenters. The fraction of sp³-hybridized carbons (Fsp3) is 0. The van der Waals surface area contributed by atoms with E-state index in [0.717, 1.165) is 0 Å². The topological polar surface area (TPSA) is 17.1 Å². The molecule has 4 heavy (non-hydrogen) atoms. The van der Waals surface area contributed by atoms with E-state index in [1.807, 2.05) is 0 Å². The van der Waals surface area contributed by atoms with Gasteiger partial charge >= 0.3 is 0 Å². The summed E-state index contributed by atoms with van der Waals surface area (Å²) in [6.07, 6.45) is 0. The first-order chi connectivity index (χ1) is 1.41. The molecule has 0 aromatic rings. The van der Waals surface area contributed by atoms with Crippen molar-refractivity contribution >= 4 is 18.9 Å². The van der Waals surface area contributed by atoms with E-state index < -0.39 is 0 Å². The van der Waals surface area contributed by atoms with Crippen LogP contribution in [0.4, 0.5) is 0 Å². The molecule has 0 N–H and O–H groups in total. The Kier molecular flexibility index (Phi) is 20.0. The van der Waals surface area contributed by atoms with E-state index in [4.69, 9.17) is 4.21 Å². The third kappa shape index (κ3) is 11.9. The summed E-state index contributed by atoms with van der Waals surface area (Å²) in [5.41, 5.74) is 0. The fourth-order valence-corrected chi connectivity index (χ4v) is 0. The summed E-state index contributed by atoms with van der Waals surface area (Å²) in [6, 6.07) is 0. The number of rotatable bonds is 0. The van der Waals surface area contributed by atoms with Crippen LogP contribution in [-0.2, 0) is 31.9 Å². The van der Waals surface area contributed by atoms with Crippen molar-refractivity contribution in [2.45, 2.75) is 0 Å². The molecule has 0 saturated heterocycles. The van der Waals surface area contributed by atoms with Crippen LogP contribution in [0, 0.1) is 0 Å². The maximum atomic E-state index is 8.76. The van der Waals surface area contributed by atoms with E-state index in [-0.39, 0.29) is 21.1 Å². The molecule has 0 fully saturated rings. The van der Waals surface area contributed by atoms with Crippen LogP contribution in [0.5, 0.6) is 0 Å². The number of hydrogen-bond acceptors (Lipinski definition) is 1. The van der Waals surface area contributed by atoms with Crippen molar-refractivity contribution in [3.8, 4) is 0 Å². The molecule has 0 aliphatic carbocycles. The predicted molar refractivity (Wildman–Crippen MR) is 16.5 cm³/mol. The predicted octanol–water partition coefficient (Wildman–Crippen LogP) is 0.255. The van der Waals surface area contributed by atoms with E-state index in [1.165, 1.54) is 0 Å². The molecule has 0 bridgehead atoms. The second kappa shape index (κ2) is 8.99. The molecule has 0 unspecified atom stereocenters. The van der Waals surface area contributed by atoms with E-state index in [2.05, 4.69) is 8.02 Å². The smallest absolute Gasteiger partial charge is 0.110 e. The van der Waals surface area contributed by atoms with Gasteiger partial charge in [-0.25, -0.2) is 4.21 Å². The first-order valence-corrected chi connectivity index (χ1v) is 2.34. The first kappa shape index (κ1) is 8.89. The van der Waals surface area contributed by atoms with Crippen molar-refractivity contribution in [2.24, 2.45) is 0 Å². The molecule has 0 amide bonds. The molecule has 4 heteroatoms. The molecule has 0 aliphatic rings. The van der Waals surface area contributed by atoms with Gasteiger partial charge in [0.15, 0.2) is 0 Å².